The largest absolute Gasteiger partial charge is 0.493 e. The van der Waals surface area contributed by atoms with Crippen LogP contribution in [0.4, 0.5) is 4.39 Å². The van der Waals surface area contributed by atoms with Crippen molar-refractivity contribution in [3.8, 4) is 5.75 Å². The predicted molar refractivity (Wildman–Crippen MR) is 108 cm³/mol. The topological polar surface area (TPSA) is 33.9 Å². The molecular formula is C24H31FNO2+. The minimum atomic E-state index is -0.610. The van der Waals surface area contributed by atoms with Gasteiger partial charge in [-0.25, -0.2) is 4.39 Å². The summed E-state index contributed by atoms with van der Waals surface area (Å²) in [5.41, 5.74) is 1.29. The third-order valence-electron chi connectivity index (χ3n) is 6.72. The van der Waals surface area contributed by atoms with Crippen molar-refractivity contribution in [2.75, 3.05) is 13.2 Å². The summed E-state index contributed by atoms with van der Waals surface area (Å²) in [4.78, 5) is 1.33. The van der Waals surface area contributed by atoms with Gasteiger partial charge in [-0.1, -0.05) is 43.2 Å². The van der Waals surface area contributed by atoms with Crippen LogP contribution >= 0.6 is 0 Å². The van der Waals surface area contributed by atoms with Gasteiger partial charge in [0.05, 0.1) is 24.3 Å². The van der Waals surface area contributed by atoms with Crippen molar-refractivity contribution in [1.82, 2.24) is 0 Å². The zero-order valence-electron chi connectivity index (χ0n) is 16.7. The molecule has 1 aliphatic heterocycles. The van der Waals surface area contributed by atoms with E-state index >= 15 is 0 Å². The fraction of sp³-hybridized carbons (Fsp3) is 0.500. The zero-order valence-corrected chi connectivity index (χ0v) is 16.7. The van der Waals surface area contributed by atoms with E-state index in [9.17, 15) is 9.50 Å². The molecule has 1 saturated carbocycles. The van der Waals surface area contributed by atoms with Gasteiger partial charge in [0.25, 0.3) is 0 Å². The van der Waals surface area contributed by atoms with Crippen LogP contribution in [0, 0.1) is 11.7 Å². The van der Waals surface area contributed by atoms with E-state index < -0.39 is 5.60 Å². The summed E-state index contributed by atoms with van der Waals surface area (Å²) in [6.45, 7) is 4.08. The van der Waals surface area contributed by atoms with Crippen molar-refractivity contribution in [3.05, 3.63) is 65.5 Å². The normalized spacial score (nSPS) is 29.9. The number of rotatable bonds is 5. The minimum absolute atomic E-state index is 0.112. The molecule has 2 N–H and O–H groups in total. The molecule has 0 aromatic heterocycles. The lowest BCUT2D eigenvalue weighted by Crippen LogP contribution is -3.13. The van der Waals surface area contributed by atoms with Crippen molar-refractivity contribution in [2.45, 2.75) is 57.2 Å². The van der Waals surface area contributed by atoms with Crippen LogP contribution in [-0.2, 0) is 6.54 Å². The van der Waals surface area contributed by atoms with Crippen LogP contribution in [0.15, 0.2) is 48.5 Å². The number of hydrogen-bond acceptors (Lipinski definition) is 2. The molecule has 0 radical (unpaired) electrons. The number of fused-ring (bicyclic) bond motifs is 1. The highest BCUT2D eigenvalue weighted by Gasteiger charge is 2.52. The molecular weight excluding hydrogens is 353 g/mol. The van der Waals surface area contributed by atoms with E-state index in [1.807, 2.05) is 31.2 Å². The minimum Gasteiger partial charge on any atom is -0.493 e. The number of ether oxygens (including phenoxy) is 1. The average molecular weight is 385 g/mol. The molecule has 150 valence electrons. The number of quaternary nitrogens is 1. The van der Waals surface area contributed by atoms with Crippen LogP contribution in [-0.4, -0.2) is 23.9 Å². The van der Waals surface area contributed by atoms with E-state index in [4.69, 9.17) is 4.74 Å². The highest BCUT2D eigenvalue weighted by atomic mass is 19.1. The number of piperidine rings is 1. The molecule has 0 amide bonds. The number of hydrogen-bond donors (Lipinski definition) is 2. The molecule has 2 aromatic carbocycles. The number of benzene rings is 2. The average Bonchev–Trinajstić information content (AvgIpc) is 2.70. The zero-order chi connectivity index (χ0) is 19.6. The Morgan fingerprint density at radius 1 is 1.11 bits per heavy atom. The number of nitrogens with one attached hydrogen (secondary N) is 1. The van der Waals surface area contributed by atoms with E-state index in [1.54, 1.807) is 12.1 Å². The van der Waals surface area contributed by atoms with Crippen molar-refractivity contribution in [1.29, 1.82) is 0 Å². The highest BCUT2D eigenvalue weighted by Crippen LogP contribution is 2.45. The lowest BCUT2D eigenvalue weighted by molar-refractivity contribution is -0.958. The Kier molecular flexibility index (Phi) is 5.70. The molecule has 1 heterocycles. The molecule has 2 aromatic rings. The van der Waals surface area contributed by atoms with Crippen LogP contribution in [0.25, 0.3) is 0 Å². The second kappa shape index (κ2) is 8.22. The molecule has 3 nitrogen and oxygen atoms in total. The molecule has 1 aliphatic carbocycles. The Morgan fingerprint density at radius 2 is 1.89 bits per heavy atom. The van der Waals surface area contributed by atoms with Crippen LogP contribution in [0.2, 0.25) is 0 Å². The second-order valence-corrected chi connectivity index (χ2v) is 8.33. The number of halogens is 1. The highest BCUT2D eigenvalue weighted by molar-refractivity contribution is 5.36. The summed E-state index contributed by atoms with van der Waals surface area (Å²) in [6.07, 6.45) is 4.91. The quantitative estimate of drug-likeness (QED) is 0.825. The summed E-state index contributed by atoms with van der Waals surface area (Å²) < 4.78 is 20.4. The number of aliphatic hydroxyl groups is 1. The Balaban J connectivity index is 1.74. The van der Waals surface area contributed by atoms with Crippen LogP contribution in [0.3, 0.4) is 0 Å². The lowest BCUT2D eigenvalue weighted by atomic mass is 9.66. The molecule has 1 unspecified atom stereocenters. The van der Waals surface area contributed by atoms with Gasteiger partial charge in [-0.15, -0.1) is 0 Å². The van der Waals surface area contributed by atoms with Crippen molar-refractivity contribution < 1.29 is 19.1 Å². The Morgan fingerprint density at radius 3 is 2.71 bits per heavy atom. The van der Waals surface area contributed by atoms with Crippen molar-refractivity contribution in [3.63, 3.8) is 0 Å². The summed E-state index contributed by atoms with van der Waals surface area (Å²) in [5, 5.41) is 11.5. The fourth-order valence-electron chi connectivity index (χ4n) is 5.40. The van der Waals surface area contributed by atoms with Gasteiger partial charge in [0, 0.05) is 17.9 Å². The maximum atomic E-state index is 14.4. The summed E-state index contributed by atoms with van der Waals surface area (Å²) in [5.74, 6) is 0.936. The SMILES string of the molecule is CCOc1ccccc1[C@H]1[C@H]2CCCC[C@@]2(O)CC[NH+]1Cc1ccccc1F. The van der Waals surface area contributed by atoms with Crippen LogP contribution in [0.5, 0.6) is 5.75 Å². The first-order valence-corrected chi connectivity index (χ1v) is 10.6. The van der Waals surface area contributed by atoms with Gasteiger partial charge in [0.1, 0.15) is 24.2 Å². The van der Waals surface area contributed by atoms with Crippen LogP contribution < -0.4 is 9.64 Å². The number of likely N-dealkylation sites (tertiary alicyclic amines) is 1. The first kappa shape index (κ1) is 19.4. The van der Waals surface area contributed by atoms with E-state index in [0.29, 0.717) is 13.2 Å². The van der Waals surface area contributed by atoms with E-state index in [2.05, 4.69) is 12.1 Å². The molecule has 1 saturated heterocycles. The van der Waals surface area contributed by atoms with Crippen LogP contribution in [0.1, 0.15) is 56.2 Å². The molecule has 4 heteroatoms. The molecule has 4 rings (SSSR count). The first-order chi connectivity index (χ1) is 13.6. The van der Waals surface area contributed by atoms with Gasteiger partial charge >= 0.3 is 0 Å². The standard InChI is InChI=1S/C24H30FNO2/c1-2-28-22-13-6-4-10-19(22)23-20-11-7-8-14-24(20,27)15-16-26(23)17-18-9-3-5-12-21(18)25/h3-6,9-10,12-13,20,23,27H,2,7-8,11,14-17H2,1H3/p+1/t20-,23+,24-/m1/s1. The monoisotopic (exact) mass is 384 g/mol. The van der Waals surface area contributed by atoms with Gasteiger partial charge < -0.3 is 14.7 Å². The Hall–Kier alpha value is -1.91. The van der Waals surface area contributed by atoms with E-state index in [-0.39, 0.29) is 17.8 Å². The molecule has 28 heavy (non-hydrogen) atoms. The summed E-state index contributed by atoms with van der Waals surface area (Å²) in [6, 6.07) is 15.4. The molecule has 2 aliphatic rings. The van der Waals surface area contributed by atoms with Gasteiger partial charge in [0.15, 0.2) is 0 Å². The molecule has 0 spiro atoms. The molecule has 2 fully saturated rings. The van der Waals surface area contributed by atoms with Gasteiger partial charge in [0.2, 0.25) is 0 Å². The third kappa shape index (κ3) is 3.68. The smallest absolute Gasteiger partial charge is 0.132 e. The second-order valence-electron chi connectivity index (χ2n) is 8.33. The summed E-state index contributed by atoms with van der Waals surface area (Å²) >= 11 is 0. The van der Waals surface area contributed by atoms with E-state index in [0.717, 1.165) is 55.5 Å². The van der Waals surface area contributed by atoms with Crippen molar-refractivity contribution >= 4 is 0 Å². The van der Waals surface area contributed by atoms with Gasteiger partial charge in [-0.3, -0.25) is 0 Å². The maximum Gasteiger partial charge on any atom is 0.132 e. The Bertz CT molecular complexity index is 811. The molecule has 4 atom stereocenters. The third-order valence-corrected chi connectivity index (χ3v) is 6.72. The maximum absolute atomic E-state index is 14.4. The van der Waals surface area contributed by atoms with Gasteiger partial charge in [-0.2, -0.15) is 0 Å². The molecule has 0 bridgehead atoms. The fourth-order valence-corrected chi connectivity index (χ4v) is 5.40. The summed E-state index contributed by atoms with van der Waals surface area (Å²) in [7, 11) is 0. The van der Waals surface area contributed by atoms with E-state index in [1.165, 1.54) is 4.90 Å². The predicted octanol–water partition coefficient (Wildman–Crippen LogP) is 3.68. The Labute approximate surface area is 167 Å². The van der Waals surface area contributed by atoms with Crippen molar-refractivity contribution in [2.24, 2.45) is 5.92 Å². The van der Waals surface area contributed by atoms with Gasteiger partial charge in [-0.05, 0) is 38.0 Å². The lowest BCUT2D eigenvalue weighted by Gasteiger charge is -2.50. The number of para-hydroxylation sites is 1. The first-order valence-electron chi connectivity index (χ1n) is 10.6.